The molecule has 3 heterocycles. The van der Waals surface area contributed by atoms with E-state index in [-0.39, 0.29) is 17.2 Å². The van der Waals surface area contributed by atoms with Gasteiger partial charge in [0.1, 0.15) is 11.2 Å². The second-order valence-electron chi connectivity index (χ2n) is 7.88. The van der Waals surface area contributed by atoms with Crippen molar-refractivity contribution >= 4 is 28.4 Å². The summed E-state index contributed by atoms with van der Waals surface area (Å²) in [6.45, 7) is 4.75. The zero-order valence-electron chi connectivity index (χ0n) is 19.2. The molecule has 1 aromatic carbocycles. The first-order valence-corrected chi connectivity index (χ1v) is 11.0. The summed E-state index contributed by atoms with van der Waals surface area (Å²) in [5.74, 6) is 0.359. The average molecular weight is 469 g/mol. The van der Waals surface area contributed by atoms with Crippen LogP contribution in [0.2, 0.25) is 0 Å². The van der Waals surface area contributed by atoms with E-state index >= 15 is 0 Å². The van der Waals surface area contributed by atoms with Gasteiger partial charge >= 0.3 is 0 Å². The lowest BCUT2D eigenvalue weighted by Crippen LogP contribution is -2.37. The highest BCUT2D eigenvalue weighted by molar-refractivity contribution is 6.02. The van der Waals surface area contributed by atoms with Crippen molar-refractivity contribution in [3.63, 3.8) is 0 Å². The van der Waals surface area contributed by atoms with Crippen LogP contribution in [0.15, 0.2) is 35.3 Å². The van der Waals surface area contributed by atoms with Crippen LogP contribution in [0.3, 0.4) is 0 Å². The number of nitrogens with one attached hydrogen (secondary N) is 1. The molecule has 0 bridgehead atoms. The fourth-order valence-electron chi connectivity index (χ4n) is 3.72. The van der Waals surface area contributed by atoms with Crippen molar-refractivity contribution in [3.8, 4) is 11.5 Å². The lowest BCUT2D eigenvalue weighted by molar-refractivity contribution is 0.0357. The van der Waals surface area contributed by atoms with Crippen molar-refractivity contribution in [3.05, 3.63) is 46.5 Å². The topological polar surface area (TPSA) is 134 Å². The van der Waals surface area contributed by atoms with Crippen LogP contribution in [0.4, 0.5) is 11.6 Å². The monoisotopic (exact) mass is 468 g/mol. The normalized spacial score (nSPS) is 14.2. The van der Waals surface area contributed by atoms with Gasteiger partial charge in [-0.3, -0.25) is 24.4 Å². The highest BCUT2D eigenvalue weighted by atomic mass is 16.5. The molecule has 1 amide bonds. The van der Waals surface area contributed by atoms with Crippen LogP contribution in [0.25, 0.3) is 10.9 Å². The van der Waals surface area contributed by atoms with Crippen LogP contribution < -0.4 is 26.1 Å². The first-order valence-electron chi connectivity index (χ1n) is 11.0. The van der Waals surface area contributed by atoms with Gasteiger partial charge in [-0.1, -0.05) is 0 Å². The summed E-state index contributed by atoms with van der Waals surface area (Å²) in [5.41, 5.74) is 6.19. The number of morpholine rings is 1. The Kier molecular flexibility index (Phi) is 7.24. The second-order valence-corrected chi connectivity index (χ2v) is 7.88. The number of amides is 1. The molecule has 1 aliphatic rings. The number of nitrogens with two attached hydrogens (primary N) is 1. The van der Waals surface area contributed by atoms with Gasteiger partial charge in [-0.2, -0.15) is 0 Å². The predicted octanol–water partition coefficient (Wildman–Crippen LogP) is 1.27. The molecule has 11 nitrogen and oxygen atoms in total. The van der Waals surface area contributed by atoms with E-state index in [9.17, 15) is 9.59 Å². The van der Waals surface area contributed by atoms with Crippen LogP contribution in [-0.2, 0) is 11.8 Å². The molecular weight excluding hydrogens is 440 g/mol. The molecule has 3 N–H and O–H groups in total. The summed E-state index contributed by atoms with van der Waals surface area (Å²) in [6, 6.07) is 6.42. The number of hydrogen-bond acceptors (Lipinski definition) is 9. The van der Waals surface area contributed by atoms with Crippen molar-refractivity contribution in [2.45, 2.75) is 6.42 Å². The van der Waals surface area contributed by atoms with Gasteiger partial charge < -0.3 is 19.9 Å². The molecule has 11 heteroatoms. The molecule has 0 unspecified atom stereocenters. The predicted molar refractivity (Wildman–Crippen MR) is 128 cm³/mol. The van der Waals surface area contributed by atoms with Crippen molar-refractivity contribution in [2.75, 3.05) is 57.6 Å². The summed E-state index contributed by atoms with van der Waals surface area (Å²) in [4.78, 5) is 36.4. The quantitative estimate of drug-likeness (QED) is 0.469. The molecule has 0 aliphatic carbocycles. The summed E-state index contributed by atoms with van der Waals surface area (Å²) in [5, 5.41) is 2.99. The van der Waals surface area contributed by atoms with E-state index in [1.165, 1.54) is 31.0 Å². The number of pyridine rings is 1. The molecule has 0 atom stereocenters. The van der Waals surface area contributed by atoms with Crippen LogP contribution in [-0.4, -0.2) is 71.9 Å². The Labute approximate surface area is 196 Å². The number of carbonyl (C=O) groups is 1. The first-order chi connectivity index (χ1) is 16.5. The number of aromatic nitrogens is 3. The molecule has 0 saturated carbocycles. The first kappa shape index (κ1) is 23.5. The number of ether oxygens (including phenoxy) is 3. The third-order valence-corrected chi connectivity index (χ3v) is 5.59. The second kappa shape index (κ2) is 10.5. The van der Waals surface area contributed by atoms with Gasteiger partial charge in [-0.25, -0.2) is 9.97 Å². The van der Waals surface area contributed by atoms with Gasteiger partial charge in [-0.05, 0) is 30.7 Å². The minimum atomic E-state index is -0.517. The van der Waals surface area contributed by atoms with Crippen molar-refractivity contribution in [1.82, 2.24) is 19.4 Å². The van der Waals surface area contributed by atoms with Gasteiger partial charge in [0.25, 0.3) is 11.5 Å². The number of nitrogens with zero attached hydrogens (tertiary/aromatic N) is 4. The molecule has 180 valence electrons. The Bertz CT molecular complexity index is 1220. The maximum atomic E-state index is 13.0. The van der Waals surface area contributed by atoms with E-state index in [0.29, 0.717) is 34.7 Å². The Hall–Kier alpha value is -3.70. The average Bonchev–Trinajstić information content (AvgIpc) is 2.85. The molecule has 1 aliphatic heterocycles. The number of hydrogen-bond donors (Lipinski definition) is 2. The van der Waals surface area contributed by atoms with Gasteiger partial charge in [0.15, 0.2) is 11.5 Å². The molecule has 1 saturated heterocycles. The zero-order chi connectivity index (χ0) is 24.1. The molecule has 4 rings (SSSR count). The molecular formula is C23H28N6O5. The van der Waals surface area contributed by atoms with Crippen LogP contribution in [0, 0.1) is 0 Å². The number of fused-ring (bicyclic) bond motifs is 1. The number of benzene rings is 1. The fraction of sp³-hybridized carbons (Fsp3) is 0.391. The number of rotatable bonds is 8. The summed E-state index contributed by atoms with van der Waals surface area (Å²) in [6.07, 6.45) is 2.22. The standard InChI is InChI=1S/C23H28N6O5/c1-28-22(31)16-5-7-18(34-11-3-8-29-9-12-33-13-10-29)20(32-2)19(16)26-23(28)27-21(30)17-6-4-15(24)14-25-17/h4-7,14H,3,8-13,24H2,1-2H3,(H,26,27,30). The maximum absolute atomic E-state index is 13.0. The van der Waals surface area contributed by atoms with Gasteiger partial charge in [0.2, 0.25) is 5.95 Å². The third-order valence-electron chi connectivity index (χ3n) is 5.59. The third kappa shape index (κ3) is 5.10. The van der Waals surface area contributed by atoms with Crippen LogP contribution in [0.5, 0.6) is 11.5 Å². The van der Waals surface area contributed by atoms with E-state index in [1.807, 2.05) is 0 Å². The van der Waals surface area contributed by atoms with E-state index in [2.05, 4.69) is 20.2 Å². The number of methoxy groups -OCH3 is 1. The van der Waals surface area contributed by atoms with E-state index in [0.717, 1.165) is 39.3 Å². The summed E-state index contributed by atoms with van der Waals surface area (Å²) < 4.78 is 18.1. The van der Waals surface area contributed by atoms with Gasteiger partial charge in [-0.15, -0.1) is 0 Å². The van der Waals surface area contributed by atoms with E-state index in [4.69, 9.17) is 19.9 Å². The molecule has 0 radical (unpaired) electrons. The van der Waals surface area contributed by atoms with Crippen LogP contribution >= 0.6 is 0 Å². The Balaban J connectivity index is 1.55. The Morgan fingerprint density at radius 1 is 1.24 bits per heavy atom. The number of carbonyl (C=O) groups excluding carboxylic acids is 1. The Morgan fingerprint density at radius 2 is 2.03 bits per heavy atom. The lowest BCUT2D eigenvalue weighted by Gasteiger charge is -2.26. The highest BCUT2D eigenvalue weighted by Crippen LogP contribution is 2.34. The maximum Gasteiger partial charge on any atom is 0.276 e. The van der Waals surface area contributed by atoms with Gasteiger partial charge in [0, 0.05) is 26.7 Å². The zero-order valence-corrected chi connectivity index (χ0v) is 19.2. The lowest BCUT2D eigenvalue weighted by atomic mass is 10.2. The smallest absolute Gasteiger partial charge is 0.276 e. The van der Waals surface area contributed by atoms with E-state index in [1.54, 1.807) is 18.2 Å². The molecule has 3 aromatic rings. The van der Waals surface area contributed by atoms with E-state index < -0.39 is 5.91 Å². The Morgan fingerprint density at radius 3 is 2.74 bits per heavy atom. The van der Waals surface area contributed by atoms with Crippen molar-refractivity contribution in [2.24, 2.45) is 7.05 Å². The van der Waals surface area contributed by atoms with Crippen molar-refractivity contribution in [1.29, 1.82) is 0 Å². The fourth-order valence-corrected chi connectivity index (χ4v) is 3.72. The molecule has 1 fully saturated rings. The SMILES string of the molecule is COc1c(OCCCN2CCOCC2)ccc2c(=O)n(C)c(NC(=O)c3ccc(N)cn3)nc12. The van der Waals surface area contributed by atoms with Crippen LogP contribution in [0.1, 0.15) is 16.9 Å². The summed E-state index contributed by atoms with van der Waals surface area (Å²) >= 11 is 0. The molecule has 2 aromatic heterocycles. The molecule has 34 heavy (non-hydrogen) atoms. The van der Waals surface area contributed by atoms with Gasteiger partial charge in [0.05, 0.1) is 44.2 Å². The minimum absolute atomic E-state index is 0.0592. The summed E-state index contributed by atoms with van der Waals surface area (Å²) in [7, 11) is 3.02. The number of nitrogen functional groups attached to an aromatic ring is 1. The minimum Gasteiger partial charge on any atom is -0.491 e. The highest BCUT2D eigenvalue weighted by Gasteiger charge is 2.19. The number of anilines is 2. The molecule has 0 spiro atoms. The largest absolute Gasteiger partial charge is 0.491 e. The van der Waals surface area contributed by atoms with Crippen molar-refractivity contribution < 1.29 is 19.0 Å².